The van der Waals surface area contributed by atoms with Gasteiger partial charge in [-0.3, -0.25) is 0 Å². The Hall–Kier alpha value is -1.18. The van der Waals surface area contributed by atoms with E-state index in [1.807, 2.05) is 20.8 Å². The van der Waals surface area contributed by atoms with E-state index in [-0.39, 0.29) is 5.03 Å². The average Bonchev–Trinajstić information content (AvgIpc) is 2.49. The van der Waals surface area contributed by atoms with Crippen molar-refractivity contribution in [2.45, 2.75) is 32.2 Å². The van der Waals surface area contributed by atoms with Crippen LogP contribution in [0.2, 0.25) is 0 Å². The molecule has 6 nitrogen and oxygen atoms in total. The minimum atomic E-state index is -3.61. The van der Waals surface area contributed by atoms with E-state index in [9.17, 15) is 8.42 Å². The first-order valence-electron chi connectivity index (χ1n) is 7.34. The lowest BCUT2D eigenvalue weighted by atomic mass is 10.4. The summed E-state index contributed by atoms with van der Waals surface area (Å²) < 4.78 is 32.1. The van der Waals surface area contributed by atoms with Crippen molar-refractivity contribution in [3.63, 3.8) is 0 Å². The highest BCUT2D eigenvalue weighted by Crippen LogP contribution is 2.21. The molecule has 0 fully saturated rings. The molecule has 1 rings (SSSR count). The van der Waals surface area contributed by atoms with Crippen LogP contribution in [0.3, 0.4) is 0 Å². The zero-order valence-electron chi connectivity index (χ0n) is 13.0. The van der Waals surface area contributed by atoms with Gasteiger partial charge in [-0.2, -0.15) is 4.31 Å². The largest absolute Gasteiger partial charge is 0.383 e. The standard InChI is InChI=1S/C14H25N3O3S/c1-4-9-15-13-8-7-10-16-14(13)21(18,19)17(5-2)11-12-20-6-3/h7-8,10,15H,4-6,9,11-12H2,1-3H3. The number of rotatable bonds is 10. The third kappa shape index (κ3) is 4.94. The van der Waals surface area contributed by atoms with Crippen LogP contribution in [0.25, 0.3) is 0 Å². The molecule has 0 aliphatic rings. The van der Waals surface area contributed by atoms with Crippen molar-refractivity contribution in [2.75, 3.05) is 38.2 Å². The van der Waals surface area contributed by atoms with Gasteiger partial charge in [0, 0.05) is 32.4 Å². The molecule has 0 spiro atoms. The van der Waals surface area contributed by atoms with E-state index in [1.165, 1.54) is 10.5 Å². The van der Waals surface area contributed by atoms with Gasteiger partial charge in [-0.15, -0.1) is 0 Å². The van der Waals surface area contributed by atoms with Gasteiger partial charge in [0.1, 0.15) is 0 Å². The van der Waals surface area contributed by atoms with E-state index in [0.29, 0.717) is 38.5 Å². The quantitative estimate of drug-likeness (QED) is 0.668. The number of hydrogen-bond acceptors (Lipinski definition) is 5. The van der Waals surface area contributed by atoms with Crippen molar-refractivity contribution in [3.8, 4) is 0 Å². The molecule has 0 saturated heterocycles. The summed E-state index contributed by atoms with van der Waals surface area (Å²) >= 11 is 0. The monoisotopic (exact) mass is 315 g/mol. The van der Waals surface area contributed by atoms with Gasteiger partial charge < -0.3 is 10.1 Å². The molecule has 1 aromatic rings. The first-order chi connectivity index (χ1) is 10.1. The molecule has 1 N–H and O–H groups in total. The van der Waals surface area contributed by atoms with Crippen molar-refractivity contribution < 1.29 is 13.2 Å². The predicted octanol–water partition coefficient (Wildman–Crippen LogP) is 1.95. The van der Waals surface area contributed by atoms with E-state index in [1.54, 1.807) is 12.1 Å². The molecule has 7 heteroatoms. The Morgan fingerprint density at radius 2 is 2.10 bits per heavy atom. The number of anilines is 1. The molecule has 0 aliphatic carbocycles. The van der Waals surface area contributed by atoms with Gasteiger partial charge >= 0.3 is 0 Å². The van der Waals surface area contributed by atoms with Crippen molar-refractivity contribution in [1.29, 1.82) is 0 Å². The Bertz CT molecular complexity index is 520. The highest BCUT2D eigenvalue weighted by atomic mass is 32.2. The van der Waals surface area contributed by atoms with Crippen molar-refractivity contribution in [3.05, 3.63) is 18.3 Å². The van der Waals surface area contributed by atoms with Gasteiger partial charge in [-0.25, -0.2) is 13.4 Å². The van der Waals surface area contributed by atoms with E-state index >= 15 is 0 Å². The highest BCUT2D eigenvalue weighted by Gasteiger charge is 2.26. The Kier molecular flexibility index (Phi) is 7.63. The van der Waals surface area contributed by atoms with E-state index < -0.39 is 10.0 Å². The third-order valence-electron chi connectivity index (χ3n) is 2.96. The van der Waals surface area contributed by atoms with E-state index in [2.05, 4.69) is 10.3 Å². The smallest absolute Gasteiger partial charge is 0.262 e. The number of sulfonamides is 1. The van der Waals surface area contributed by atoms with Crippen LogP contribution in [0.5, 0.6) is 0 Å². The first kappa shape index (κ1) is 17.9. The molecule has 0 amide bonds. The lowest BCUT2D eigenvalue weighted by Gasteiger charge is -2.21. The maximum absolute atomic E-state index is 12.7. The first-order valence-corrected chi connectivity index (χ1v) is 8.78. The fourth-order valence-electron chi connectivity index (χ4n) is 1.87. The van der Waals surface area contributed by atoms with E-state index in [0.717, 1.165) is 6.42 Å². The number of pyridine rings is 1. The van der Waals surface area contributed by atoms with Crippen molar-refractivity contribution in [2.24, 2.45) is 0 Å². The van der Waals surface area contributed by atoms with Crippen LogP contribution < -0.4 is 5.32 Å². The lowest BCUT2D eigenvalue weighted by Crippen LogP contribution is -2.34. The number of aromatic nitrogens is 1. The second-order valence-corrected chi connectivity index (χ2v) is 6.33. The Balaban J connectivity index is 2.99. The summed E-state index contributed by atoms with van der Waals surface area (Å²) in [6.45, 7) is 8.10. The zero-order valence-corrected chi connectivity index (χ0v) is 13.8. The van der Waals surface area contributed by atoms with Gasteiger partial charge in [0.05, 0.1) is 12.3 Å². The summed E-state index contributed by atoms with van der Waals surface area (Å²) in [6.07, 6.45) is 2.41. The van der Waals surface area contributed by atoms with Gasteiger partial charge in [-0.05, 0) is 25.5 Å². The number of nitrogens with one attached hydrogen (secondary N) is 1. The van der Waals surface area contributed by atoms with Crippen LogP contribution in [-0.4, -0.2) is 50.6 Å². The van der Waals surface area contributed by atoms with Gasteiger partial charge in [0.2, 0.25) is 0 Å². The summed E-state index contributed by atoms with van der Waals surface area (Å²) in [5, 5.41) is 3.20. The molecular formula is C14H25N3O3S. The highest BCUT2D eigenvalue weighted by molar-refractivity contribution is 7.89. The van der Waals surface area contributed by atoms with Crippen molar-refractivity contribution >= 4 is 15.7 Å². The Labute approximate surface area is 127 Å². The molecule has 1 heterocycles. The average molecular weight is 315 g/mol. The molecule has 0 atom stereocenters. The Morgan fingerprint density at radius 3 is 2.71 bits per heavy atom. The van der Waals surface area contributed by atoms with Crippen LogP contribution >= 0.6 is 0 Å². The molecular weight excluding hydrogens is 290 g/mol. The molecule has 0 saturated carbocycles. The summed E-state index contributed by atoms with van der Waals surface area (Å²) in [5.74, 6) is 0. The zero-order chi connectivity index (χ0) is 15.7. The summed E-state index contributed by atoms with van der Waals surface area (Å²) in [5.41, 5.74) is 0.550. The molecule has 0 aliphatic heterocycles. The minimum absolute atomic E-state index is 0.0804. The molecule has 0 unspecified atom stereocenters. The predicted molar refractivity (Wildman–Crippen MR) is 83.9 cm³/mol. The molecule has 0 radical (unpaired) electrons. The summed E-state index contributed by atoms with van der Waals surface area (Å²) in [4.78, 5) is 4.07. The Morgan fingerprint density at radius 1 is 1.33 bits per heavy atom. The van der Waals surface area contributed by atoms with Gasteiger partial charge in [0.15, 0.2) is 5.03 Å². The van der Waals surface area contributed by atoms with Crippen LogP contribution in [0.4, 0.5) is 5.69 Å². The van der Waals surface area contributed by atoms with Crippen LogP contribution in [0.1, 0.15) is 27.2 Å². The maximum atomic E-state index is 12.7. The SMILES string of the molecule is CCCNc1cccnc1S(=O)(=O)N(CC)CCOCC. The molecule has 21 heavy (non-hydrogen) atoms. The summed E-state index contributed by atoms with van der Waals surface area (Å²) in [6, 6.07) is 3.47. The second-order valence-electron chi connectivity index (χ2n) is 4.48. The van der Waals surface area contributed by atoms with Crippen molar-refractivity contribution in [1.82, 2.24) is 9.29 Å². The van der Waals surface area contributed by atoms with Gasteiger partial charge in [-0.1, -0.05) is 13.8 Å². The molecule has 120 valence electrons. The van der Waals surface area contributed by atoms with Crippen LogP contribution in [-0.2, 0) is 14.8 Å². The fraction of sp³-hybridized carbons (Fsp3) is 0.643. The van der Waals surface area contributed by atoms with Gasteiger partial charge in [0.25, 0.3) is 10.0 Å². The minimum Gasteiger partial charge on any atom is -0.383 e. The molecule has 1 aromatic heterocycles. The topological polar surface area (TPSA) is 71.5 Å². The number of likely N-dealkylation sites (N-methyl/N-ethyl adjacent to an activating group) is 1. The van der Waals surface area contributed by atoms with Crippen LogP contribution in [0.15, 0.2) is 23.4 Å². The molecule has 0 aromatic carbocycles. The van der Waals surface area contributed by atoms with Crippen LogP contribution in [0, 0.1) is 0 Å². The molecule has 0 bridgehead atoms. The third-order valence-corrected chi connectivity index (χ3v) is 4.90. The van der Waals surface area contributed by atoms with E-state index in [4.69, 9.17) is 4.74 Å². The maximum Gasteiger partial charge on any atom is 0.262 e. The lowest BCUT2D eigenvalue weighted by molar-refractivity contribution is 0.135. The normalized spacial score (nSPS) is 11.8. The number of hydrogen-bond donors (Lipinski definition) is 1. The second kappa shape index (κ2) is 8.96. The summed E-state index contributed by atoms with van der Waals surface area (Å²) in [7, 11) is -3.61. The fourth-order valence-corrected chi connectivity index (χ4v) is 3.38. The number of ether oxygens (including phenoxy) is 1. The number of nitrogens with zero attached hydrogens (tertiary/aromatic N) is 2.